The Morgan fingerprint density at radius 1 is 1.33 bits per heavy atom. The topological polar surface area (TPSA) is 72.5 Å². The number of amides is 1. The van der Waals surface area contributed by atoms with E-state index < -0.39 is 11.7 Å². The van der Waals surface area contributed by atoms with Gasteiger partial charge in [0.15, 0.2) is 0 Å². The van der Waals surface area contributed by atoms with Crippen LogP contribution in [0.4, 0.5) is 4.79 Å². The highest BCUT2D eigenvalue weighted by Gasteiger charge is 2.12. The third-order valence-corrected chi connectivity index (χ3v) is 1.98. The van der Waals surface area contributed by atoms with Crippen LogP contribution in [0.3, 0.4) is 0 Å². The molecule has 0 aromatic heterocycles. The Balaban J connectivity index is 0.000000331. The Morgan fingerprint density at radius 3 is 2.11 bits per heavy atom. The number of carbonyl (C=O) groups is 1. The van der Waals surface area contributed by atoms with E-state index in [4.69, 9.17) is 5.73 Å². The van der Waals surface area contributed by atoms with E-state index in [0.29, 0.717) is 0 Å². The molecule has 1 amide bonds. The number of hydrogen-bond donors (Lipinski definition) is 2. The van der Waals surface area contributed by atoms with Crippen molar-refractivity contribution >= 4 is 6.09 Å². The summed E-state index contributed by atoms with van der Waals surface area (Å²) < 4.78 is 4.58. The molecular weight excluding hydrogens is 230 g/mol. The predicted molar refractivity (Wildman–Crippen MR) is 72.1 cm³/mol. The Hall–Kier alpha value is -1.55. The van der Waals surface area contributed by atoms with Crippen molar-refractivity contribution in [2.24, 2.45) is 5.73 Å². The van der Waals surface area contributed by atoms with Gasteiger partial charge in [0.25, 0.3) is 0 Å². The van der Waals surface area contributed by atoms with Gasteiger partial charge >= 0.3 is 6.09 Å². The summed E-state index contributed by atoms with van der Waals surface area (Å²) >= 11 is 0. The van der Waals surface area contributed by atoms with Crippen LogP contribution in [0.25, 0.3) is 0 Å². The second-order valence-electron chi connectivity index (χ2n) is 4.87. The minimum Gasteiger partial charge on any atom is -0.444 e. The fraction of sp³-hybridized carbons (Fsp3) is 0.500. The lowest BCUT2D eigenvalue weighted by Gasteiger charge is -2.16. The molecule has 4 heteroatoms. The van der Waals surface area contributed by atoms with Gasteiger partial charge < -0.3 is 15.6 Å². The first-order valence-corrected chi connectivity index (χ1v) is 5.97. The van der Waals surface area contributed by atoms with Gasteiger partial charge in [-0.3, -0.25) is 0 Å². The van der Waals surface area contributed by atoms with E-state index in [9.17, 15) is 9.90 Å². The monoisotopic (exact) mass is 253 g/mol. The van der Waals surface area contributed by atoms with E-state index in [1.54, 1.807) is 20.8 Å². The predicted octanol–water partition coefficient (Wildman–Crippen LogP) is 3.01. The molecule has 0 spiro atoms. The van der Waals surface area contributed by atoms with Crippen molar-refractivity contribution in [2.45, 2.75) is 45.8 Å². The zero-order chi connectivity index (χ0) is 14.2. The van der Waals surface area contributed by atoms with Gasteiger partial charge in [0.2, 0.25) is 0 Å². The van der Waals surface area contributed by atoms with Gasteiger partial charge in [0.05, 0.1) is 6.10 Å². The SMILES string of the molecule is CC(C)(C)OC(N)=O.CCC(O)c1ccccc1. The third-order valence-electron chi connectivity index (χ3n) is 1.98. The molecule has 0 saturated carbocycles. The number of primary amides is 1. The Morgan fingerprint density at radius 2 is 1.83 bits per heavy atom. The summed E-state index contributed by atoms with van der Waals surface area (Å²) in [5.41, 5.74) is 5.27. The maximum absolute atomic E-state index is 10.0. The summed E-state index contributed by atoms with van der Waals surface area (Å²) in [5.74, 6) is 0. The first-order valence-electron chi connectivity index (χ1n) is 5.97. The summed E-state index contributed by atoms with van der Waals surface area (Å²) in [5, 5.41) is 9.33. The van der Waals surface area contributed by atoms with E-state index in [2.05, 4.69) is 4.74 Å². The molecule has 1 aromatic rings. The van der Waals surface area contributed by atoms with Gasteiger partial charge in [0, 0.05) is 0 Å². The lowest BCUT2D eigenvalue weighted by Crippen LogP contribution is -2.27. The molecule has 0 fully saturated rings. The number of rotatable bonds is 2. The van der Waals surface area contributed by atoms with Crippen LogP contribution >= 0.6 is 0 Å². The van der Waals surface area contributed by atoms with Crippen LogP contribution in [0.15, 0.2) is 30.3 Å². The summed E-state index contributed by atoms with van der Waals surface area (Å²) in [6.45, 7) is 7.25. The molecule has 1 atom stereocenters. The van der Waals surface area contributed by atoms with Gasteiger partial charge in [0.1, 0.15) is 5.60 Å². The van der Waals surface area contributed by atoms with Gasteiger partial charge in [-0.1, -0.05) is 37.3 Å². The van der Waals surface area contributed by atoms with E-state index in [-0.39, 0.29) is 6.10 Å². The molecule has 0 aliphatic heterocycles. The molecule has 0 saturated heterocycles. The molecule has 1 rings (SSSR count). The van der Waals surface area contributed by atoms with E-state index >= 15 is 0 Å². The fourth-order valence-corrected chi connectivity index (χ4v) is 1.21. The first-order chi connectivity index (χ1) is 8.26. The van der Waals surface area contributed by atoms with Gasteiger partial charge in [-0.05, 0) is 32.8 Å². The highest BCUT2D eigenvalue weighted by atomic mass is 16.6. The Labute approximate surface area is 109 Å². The van der Waals surface area contributed by atoms with Crippen LogP contribution in [0.2, 0.25) is 0 Å². The van der Waals surface area contributed by atoms with Crippen LogP contribution in [0, 0.1) is 0 Å². The second kappa shape index (κ2) is 7.71. The van der Waals surface area contributed by atoms with Crippen molar-refractivity contribution in [1.82, 2.24) is 0 Å². The van der Waals surface area contributed by atoms with Gasteiger partial charge in [-0.15, -0.1) is 0 Å². The maximum atomic E-state index is 10.0. The molecular formula is C14H23NO3. The summed E-state index contributed by atoms with van der Waals surface area (Å²) in [6.07, 6.45) is -0.233. The Kier molecular flexibility index (Phi) is 7.05. The van der Waals surface area contributed by atoms with Crippen LogP contribution in [0.1, 0.15) is 45.8 Å². The van der Waals surface area contributed by atoms with Crippen LogP contribution in [-0.4, -0.2) is 16.8 Å². The van der Waals surface area contributed by atoms with E-state index in [1.807, 2.05) is 37.3 Å². The van der Waals surface area contributed by atoms with Crippen molar-refractivity contribution in [3.05, 3.63) is 35.9 Å². The fourth-order valence-electron chi connectivity index (χ4n) is 1.21. The highest BCUT2D eigenvalue weighted by molar-refractivity contribution is 5.65. The number of aliphatic hydroxyl groups is 1. The molecule has 102 valence electrons. The number of carbonyl (C=O) groups excluding carboxylic acids is 1. The molecule has 18 heavy (non-hydrogen) atoms. The lowest BCUT2D eigenvalue weighted by molar-refractivity contribution is 0.0600. The van der Waals surface area contributed by atoms with Crippen LogP contribution in [-0.2, 0) is 4.74 Å². The number of hydrogen-bond acceptors (Lipinski definition) is 3. The minimum absolute atomic E-state index is 0.291. The molecule has 0 heterocycles. The molecule has 1 aromatic carbocycles. The number of ether oxygens (including phenoxy) is 1. The van der Waals surface area contributed by atoms with E-state index in [1.165, 1.54) is 0 Å². The average molecular weight is 253 g/mol. The maximum Gasteiger partial charge on any atom is 0.405 e. The zero-order valence-electron chi connectivity index (χ0n) is 11.5. The molecule has 1 unspecified atom stereocenters. The second-order valence-corrected chi connectivity index (χ2v) is 4.87. The summed E-state index contributed by atoms with van der Waals surface area (Å²) in [7, 11) is 0. The number of aliphatic hydroxyl groups excluding tert-OH is 1. The van der Waals surface area contributed by atoms with Gasteiger partial charge in [-0.2, -0.15) is 0 Å². The smallest absolute Gasteiger partial charge is 0.405 e. The summed E-state index contributed by atoms with van der Waals surface area (Å²) in [6, 6.07) is 9.70. The largest absolute Gasteiger partial charge is 0.444 e. The Bertz CT molecular complexity index is 344. The third kappa shape index (κ3) is 8.58. The highest BCUT2D eigenvalue weighted by Crippen LogP contribution is 2.14. The molecule has 3 N–H and O–H groups in total. The van der Waals surface area contributed by atoms with E-state index in [0.717, 1.165) is 12.0 Å². The van der Waals surface area contributed by atoms with Crippen molar-refractivity contribution < 1.29 is 14.6 Å². The average Bonchev–Trinajstić information content (AvgIpc) is 2.26. The normalized spacial score (nSPS) is 12.1. The summed E-state index contributed by atoms with van der Waals surface area (Å²) in [4.78, 5) is 10.0. The lowest BCUT2D eigenvalue weighted by atomic mass is 10.1. The first kappa shape index (κ1) is 16.4. The quantitative estimate of drug-likeness (QED) is 0.851. The minimum atomic E-state index is -0.725. The molecule has 4 nitrogen and oxygen atoms in total. The number of benzene rings is 1. The molecule has 0 bridgehead atoms. The number of nitrogens with two attached hydrogens (primary N) is 1. The van der Waals surface area contributed by atoms with Crippen molar-refractivity contribution in [3.8, 4) is 0 Å². The van der Waals surface area contributed by atoms with Crippen molar-refractivity contribution in [1.29, 1.82) is 0 Å². The molecule has 0 aliphatic rings. The zero-order valence-corrected chi connectivity index (χ0v) is 11.5. The molecule has 0 radical (unpaired) electrons. The molecule has 0 aliphatic carbocycles. The van der Waals surface area contributed by atoms with Crippen LogP contribution in [0.5, 0.6) is 0 Å². The van der Waals surface area contributed by atoms with Crippen molar-refractivity contribution in [2.75, 3.05) is 0 Å². The van der Waals surface area contributed by atoms with Gasteiger partial charge in [-0.25, -0.2) is 4.79 Å². The standard InChI is InChI=1S/C9H12O.C5H11NO2/c1-2-9(10)8-6-4-3-5-7-8;1-5(2,3)8-4(6)7/h3-7,9-10H,2H2,1H3;1-3H3,(H2,6,7). The van der Waals surface area contributed by atoms with Crippen molar-refractivity contribution in [3.63, 3.8) is 0 Å². The van der Waals surface area contributed by atoms with Crippen LogP contribution < -0.4 is 5.73 Å².